The number of aryl methyl sites for hydroxylation is 1. The number of aromatic nitrogens is 1. The maximum atomic E-state index is 11.4. The number of carbonyl (C=O) groups is 3. The second-order valence-corrected chi connectivity index (χ2v) is 4.69. The molecule has 0 fully saturated rings. The molecule has 7 heteroatoms. The Bertz CT molecular complexity index is 557. The molecule has 0 amide bonds. The quantitative estimate of drug-likeness (QED) is 0.580. The molecule has 1 heterocycles. The van der Waals surface area contributed by atoms with Gasteiger partial charge in [0.2, 0.25) is 0 Å². The number of rotatable bonds is 6. The van der Waals surface area contributed by atoms with Crippen molar-refractivity contribution in [2.75, 3.05) is 6.61 Å². The minimum absolute atomic E-state index is 0.233. The van der Waals surface area contributed by atoms with Crippen LogP contribution in [-0.4, -0.2) is 35.6 Å². The maximum absolute atomic E-state index is 11.4. The lowest BCUT2D eigenvalue weighted by Crippen LogP contribution is -2.33. The highest BCUT2D eigenvalue weighted by Gasteiger charge is 2.32. The Labute approximate surface area is 128 Å². The van der Waals surface area contributed by atoms with Gasteiger partial charge in [0.25, 0.3) is 0 Å². The Balaban J connectivity index is 3.12. The summed E-state index contributed by atoms with van der Waals surface area (Å²) in [6.45, 7) is 5.24. The number of esters is 3. The standard InChI is InChI=1S/C15H19NO6/c1-9-6-5-7-16-14(9)15(22-12(4)19)13(21-11(3)18)8-20-10(2)17/h5-7,13,15H,8H2,1-4H3. The van der Waals surface area contributed by atoms with E-state index in [0.29, 0.717) is 5.69 Å². The summed E-state index contributed by atoms with van der Waals surface area (Å²) in [5, 5.41) is 0. The molecule has 0 aromatic carbocycles. The van der Waals surface area contributed by atoms with E-state index in [1.54, 1.807) is 19.1 Å². The van der Waals surface area contributed by atoms with Crippen LogP contribution in [0.3, 0.4) is 0 Å². The zero-order valence-electron chi connectivity index (χ0n) is 13.0. The third kappa shape index (κ3) is 5.51. The van der Waals surface area contributed by atoms with E-state index in [4.69, 9.17) is 14.2 Å². The summed E-state index contributed by atoms with van der Waals surface area (Å²) in [5.74, 6) is -1.67. The molecule has 0 aliphatic carbocycles. The van der Waals surface area contributed by atoms with Gasteiger partial charge < -0.3 is 14.2 Å². The molecule has 0 bridgehead atoms. The molecular formula is C15H19NO6. The van der Waals surface area contributed by atoms with Crippen molar-refractivity contribution in [2.45, 2.75) is 39.9 Å². The molecule has 0 radical (unpaired) electrons. The lowest BCUT2D eigenvalue weighted by atomic mass is 10.1. The van der Waals surface area contributed by atoms with Crippen LogP contribution in [-0.2, 0) is 28.6 Å². The fourth-order valence-electron chi connectivity index (χ4n) is 1.88. The first kappa shape index (κ1) is 17.6. The lowest BCUT2D eigenvalue weighted by molar-refractivity contribution is -0.174. The second-order valence-electron chi connectivity index (χ2n) is 4.69. The van der Waals surface area contributed by atoms with Crippen molar-refractivity contribution in [2.24, 2.45) is 0 Å². The zero-order chi connectivity index (χ0) is 16.7. The molecule has 1 aromatic heterocycles. The van der Waals surface area contributed by atoms with Crippen LogP contribution in [0.4, 0.5) is 0 Å². The highest BCUT2D eigenvalue weighted by molar-refractivity contribution is 5.68. The average molecular weight is 309 g/mol. The molecule has 2 unspecified atom stereocenters. The Morgan fingerprint density at radius 2 is 1.73 bits per heavy atom. The van der Waals surface area contributed by atoms with Crippen molar-refractivity contribution in [3.8, 4) is 0 Å². The summed E-state index contributed by atoms with van der Waals surface area (Å²) in [6.07, 6.45) is -0.393. The van der Waals surface area contributed by atoms with Gasteiger partial charge in [-0.15, -0.1) is 0 Å². The van der Waals surface area contributed by atoms with Crippen molar-refractivity contribution < 1.29 is 28.6 Å². The van der Waals surface area contributed by atoms with Gasteiger partial charge in [-0.1, -0.05) is 6.07 Å². The minimum Gasteiger partial charge on any atom is -0.462 e. The minimum atomic E-state index is -0.973. The SMILES string of the molecule is CC(=O)OCC(OC(C)=O)C(OC(C)=O)c1ncccc1C. The van der Waals surface area contributed by atoms with Crippen LogP contribution in [0.1, 0.15) is 38.1 Å². The third-order valence-electron chi connectivity index (χ3n) is 2.72. The largest absolute Gasteiger partial charge is 0.462 e. The molecule has 1 rings (SSSR count). The molecule has 0 N–H and O–H groups in total. The summed E-state index contributed by atoms with van der Waals surface area (Å²) in [4.78, 5) is 37.8. The van der Waals surface area contributed by atoms with Gasteiger partial charge in [0.05, 0.1) is 5.69 Å². The Kier molecular flexibility index (Phi) is 6.49. The topological polar surface area (TPSA) is 91.8 Å². The van der Waals surface area contributed by atoms with Crippen molar-refractivity contribution in [1.82, 2.24) is 4.98 Å². The molecule has 0 spiro atoms. The van der Waals surface area contributed by atoms with Gasteiger partial charge >= 0.3 is 17.9 Å². The van der Waals surface area contributed by atoms with Crippen LogP contribution in [0.5, 0.6) is 0 Å². The van der Waals surface area contributed by atoms with Crippen LogP contribution < -0.4 is 0 Å². The van der Waals surface area contributed by atoms with E-state index >= 15 is 0 Å². The fourth-order valence-corrected chi connectivity index (χ4v) is 1.88. The summed E-state index contributed by atoms with van der Waals surface area (Å²) in [7, 11) is 0. The van der Waals surface area contributed by atoms with E-state index in [-0.39, 0.29) is 6.61 Å². The molecule has 0 aliphatic heterocycles. The number of ether oxygens (including phenoxy) is 3. The number of carbonyl (C=O) groups excluding carboxylic acids is 3. The molecule has 22 heavy (non-hydrogen) atoms. The molecular weight excluding hydrogens is 290 g/mol. The highest BCUT2D eigenvalue weighted by Crippen LogP contribution is 2.25. The van der Waals surface area contributed by atoms with Crippen LogP contribution in [0.15, 0.2) is 18.3 Å². The second kappa shape index (κ2) is 8.11. The monoisotopic (exact) mass is 309 g/mol. The average Bonchev–Trinajstić information content (AvgIpc) is 2.41. The van der Waals surface area contributed by atoms with E-state index in [0.717, 1.165) is 5.56 Å². The molecule has 0 saturated heterocycles. The van der Waals surface area contributed by atoms with Crippen LogP contribution in [0.25, 0.3) is 0 Å². The number of hydrogen-bond donors (Lipinski definition) is 0. The number of pyridine rings is 1. The van der Waals surface area contributed by atoms with E-state index in [1.165, 1.54) is 27.0 Å². The lowest BCUT2D eigenvalue weighted by Gasteiger charge is -2.26. The van der Waals surface area contributed by atoms with Crippen molar-refractivity contribution >= 4 is 17.9 Å². The summed E-state index contributed by atoms with van der Waals surface area (Å²) >= 11 is 0. The molecule has 0 aliphatic rings. The Hall–Kier alpha value is -2.44. The first-order chi connectivity index (χ1) is 10.3. The predicted octanol–water partition coefficient (Wildman–Crippen LogP) is 1.49. The van der Waals surface area contributed by atoms with E-state index < -0.39 is 30.1 Å². The van der Waals surface area contributed by atoms with Crippen LogP contribution in [0, 0.1) is 6.92 Å². The highest BCUT2D eigenvalue weighted by atomic mass is 16.6. The van der Waals surface area contributed by atoms with Crippen LogP contribution in [0.2, 0.25) is 0 Å². The first-order valence-electron chi connectivity index (χ1n) is 6.70. The van der Waals surface area contributed by atoms with E-state index in [1.807, 2.05) is 0 Å². The van der Waals surface area contributed by atoms with Gasteiger partial charge in [-0.2, -0.15) is 0 Å². The van der Waals surface area contributed by atoms with Crippen LogP contribution >= 0.6 is 0 Å². The zero-order valence-corrected chi connectivity index (χ0v) is 13.0. The smallest absolute Gasteiger partial charge is 0.303 e. The summed E-state index contributed by atoms with van der Waals surface area (Å²) in [5.41, 5.74) is 1.20. The molecule has 2 atom stereocenters. The van der Waals surface area contributed by atoms with Crippen molar-refractivity contribution in [1.29, 1.82) is 0 Å². The summed E-state index contributed by atoms with van der Waals surface area (Å²) in [6, 6.07) is 3.52. The third-order valence-corrected chi connectivity index (χ3v) is 2.72. The predicted molar refractivity (Wildman–Crippen MR) is 75.7 cm³/mol. The first-order valence-corrected chi connectivity index (χ1v) is 6.70. The number of hydrogen-bond acceptors (Lipinski definition) is 7. The van der Waals surface area contributed by atoms with E-state index in [9.17, 15) is 14.4 Å². The normalized spacial score (nSPS) is 12.9. The van der Waals surface area contributed by atoms with Crippen molar-refractivity contribution in [3.05, 3.63) is 29.6 Å². The van der Waals surface area contributed by atoms with Gasteiger partial charge in [-0.25, -0.2) is 0 Å². The van der Waals surface area contributed by atoms with Gasteiger partial charge in [-0.05, 0) is 18.6 Å². The Morgan fingerprint density at radius 3 is 2.23 bits per heavy atom. The Morgan fingerprint density at radius 1 is 1.09 bits per heavy atom. The molecule has 7 nitrogen and oxygen atoms in total. The van der Waals surface area contributed by atoms with Gasteiger partial charge in [0.15, 0.2) is 12.2 Å². The van der Waals surface area contributed by atoms with Gasteiger partial charge in [0, 0.05) is 27.0 Å². The van der Waals surface area contributed by atoms with Gasteiger partial charge in [-0.3, -0.25) is 19.4 Å². The fraction of sp³-hybridized carbons (Fsp3) is 0.467. The maximum Gasteiger partial charge on any atom is 0.303 e. The van der Waals surface area contributed by atoms with Gasteiger partial charge in [0.1, 0.15) is 6.61 Å². The summed E-state index contributed by atoms with van der Waals surface area (Å²) < 4.78 is 15.3. The van der Waals surface area contributed by atoms with E-state index in [2.05, 4.69) is 4.98 Å². The molecule has 120 valence electrons. The molecule has 0 saturated carbocycles. The molecule has 1 aromatic rings. The van der Waals surface area contributed by atoms with Crippen molar-refractivity contribution in [3.63, 3.8) is 0 Å². The number of nitrogens with zero attached hydrogens (tertiary/aromatic N) is 1.